The molecule has 0 saturated carbocycles. The Bertz CT molecular complexity index is 1960. The number of hydrogen-bond donors (Lipinski definition) is 4. The Balaban J connectivity index is 1.33. The monoisotopic (exact) mass is 591 g/mol. The van der Waals surface area contributed by atoms with Gasteiger partial charge in [0.15, 0.2) is 11.5 Å². The molecule has 6 aromatic rings. The van der Waals surface area contributed by atoms with Gasteiger partial charge in [0.05, 0.1) is 22.9 Å². The fourth-order valence-electron chi connectivity index (χ4n) is 5.16. The first-order chi connectivity index (χ1) is 21.2. The number of carbonyl (C=O) groups excluding carboxylic acids is 1. The van der Waals surface area contributed by atoms with Gasteiger partial charge in [-0.2, -0.15) is 5.10 Å². The number of likely N-dealkylation sites (N-methyl/N-ethyl adjacent to an activating group) is 1. The predicted octanol–water partition coefficient (Wildman–Crippen LogP) is 6.33. The van der Waals surface area contributed by atoms with Gasteiger partial charge in [0.2, 0.25) is 5.91 Å². The van der Waals surface area contributed by atoms with Crippen LogP contribution in [0.15, 0.2) is 67.1 Å². The second kappa shape index (κ2) is 12.2. The molecule has 4 heterocycles. The summed E-state index contributed by atoms with van der Waals surface area (Å²) < 4.78 is 14.7. The van der Waals surface area contributed by atoms with E-state index in [1.54, 1.807) is 18.6 Å². The van der Waals surface area contributed by atoms with Gasteiger partial charge in [-0.1, -0.05) is 19.9 Å². The predicted molar refractivity (Wildman–Crippen MR) is 173 cm³/mol. The summed E-state index contributed by atoms with van der Waals surface area (Å²) in [6.07, 6.45) is 5.52. The van der Waals surface area contributed by atoms with Crippen molar-refractivity contribution in [2.75, 3.05) is 37.8 Å². The summed E-state index contributed by atoms with van der Waals surface area (Å²) >= 11 is 0. The van der Waals surface area contributed by atoms with Gasteiger partial charge in [0.1, 0.15) is 11.5 Å². The quantitative estimate of drug-likeness (QED) is 0.147. The molecule has 44 heavy (non-hydrogen) atoms. The molecule has 0 unspecified atom stereocenters. The number of benzene rings is 2. The van der Waals surface area contributed by atoms with Crippen molar-refractivity contribution >= 4 is 39.3 Å². The van der Waals surface area contributed by atoms with E-state index in [2.05, 4.69) is 40.7 Å². The van der Waals surface area contributed by atoms with Gasteiger partial charge < -0.3 is 20.5 Å². The van der Waals surface area contributed by atoms with Gasteiger partial charge in [-0.05, 0) is 73.6 Å². The van der Waals surface area contributed by atoms with Gasteiger partial charge >= 0.3 is 0 Å². The van der Waals surface area contributed by atoms with E-state index in [1.807, 2.05) is 64.3 Å². The number of anilines is 2. The summed E-state index contributed by atoms with van der Waals surface area (Å²) in [5.74, 6) is 0.429. The largest absolute Gasteiger partial charge is 0.384 e. The molecule has 1 amide bonds. The fourth-order valence-corrected chi connectivity index (χ4v) is 5.16. The Morgan fingerprint density at radius 1 is 1.00 bits per heavy atom. The molecule has 224 valence electrons. The number of aromatic amines is 2. The van der Waals surface area contributed by atoms with E-state index in [9.17, 15) is 9.18 Å². The van der Waals surface area contributed by atoms with E-state index in [0.717, 1.165) is 34.1 Å². The molecule has 0 radical (unpaired) electrons. The molecule has 2 aromatic carbocycles. The van der Waals surface area contributed by atoms with Crippen LogP contribution < -0.4 is 10.6 Å². The van der Waals surface area contributed by atoms with Crippen LogP contribution in [0.5, 0.6) is 0 Å². The minimum atomic E-state index is -0.330. The zero-order chi connectivity index (χ0) is 30.8. The van der Waals surface area contributed by atoms with Crippen LogP contribution >= 0.6 is 0 Å². The van der Waals surface area contributed by atoms with Crippen molar-refractivity contribution in [3.8, 4) is 33.8 Å². The lowest BCUT2D eigenvalue weighted by molar-refractivity contribution is -0.116. The average Bonchev–Trinajstić information content (AvgIpc) is 3.60. The number of pyridine rings is 2. The molecule has 0 saturated heterocycles. The molecule has 0 atom stereocenters. The number of fused-ring (bicyclic) bond motifs is 2. The highest BCUT2D eigenvalue weighted by Crippen LogP contribution is 2.34. The Hall–Kier alpha value is -5.16. The minimum Gasteiger partial charge on any atom is -0.384 e. The van der Waals surface area contributed by atoms with Crippen molar-refractivity contribution in [2.45, 2.75) is 20.3 Å². The second-order valence-corrected chi connectivity index (χ2v) is 11.5. The first-order valence-corrected chi connectivity index (χ1v) is 14.5. The van der Waals surface area contributed by atoms with Gasteiger partial charge in [-0.15, -0.1) is 0 Å². The van der Waals surface area contributed by atoms with Crippen molar-refractivity contribution < 1.29 is 9.18 Å². The van der Waals surface area contributed by atoms with Gasteiger partial charge in [0.25, 0.3) is 0 Å². The molecule has 0 aliphatic rings. The summed E-state index contributed by atoms with van der Waals surface area (Å²) in [6, 6.07) is 14.6. The Kier molecular flexibility index (Phi) is 8.03. The standard InChI is InChI=1S/C33H34FN9O/c1-19(2)11-29(44)38-25-14-22(17-35-18-25)20-5-6-28-27(15-20)31(42-41-28)33-39-30-26(7-8-37-32(30)40-33)21-12-23(34)16-24(13-21)36-9-10-43(3)4/h5-8,12-19,36H,9-11H2,1-4H3,(H,38,44)(H,41,42)(H,37,39,40). The lowest BCUT2D eigenvalue weighted by Crippen LogP contribution is -2.20. The van der Waals surface area contributed by atoms with E-state index < -0.39 is 0 Å². The summed E-state index contributed by atoms with van der Waals surface area (Å²) in [5, 5.41) is 14.7. The number of hydrogen-bond acceptors (Lipinski definition) is 7. The maximum absolute atomic E-state index is 14.7. The summed E-state index contributed by atoms with van der Waals surface area (Å²) in [6.45, 7) is 5.53. The third-order valence-corrected chi connectivity index (χ3v) is 7.23. The topological polar surface area (TPSA) is 128 Å². The fraction of sp³-hybridized carbons (Fsp3) is 0.242. The van der Waals surface area contributed by atoms with Crippen LogP contribution in [0, 0.1) is 11.7 Å². The normalized spacial score (nSPS) is 11.6. The molecule has 4 aromatic heterocycles. The lowest BCUT2D eigenvalue weighted by Gasteiger charge is -2.13. The molecule has 11 heteroatoms. The van der Waals surface area contributed by atoms with Crippen molar-refractivity contribution in [2.24, 2.45) is 5.92 Å². The summed E-state index contributed by atoms with van der Waals surface area (Å²) in [4.78, 5) is 31.3. The van der Waals surface area contributed by atoms with Crippen molar-refractivity contribution in [3.05, 3.63) is 72.9 Å². The van der Waals surface area contributed by atoms with E-state index in [-0.39, 0.29) is 17.6 Å². The molecule has 0 spiro atoms. The van der Waals surface area contributed by atoms with E-state index in [1.165, 1.54) is 12.1 Å². The Morgan fingerprint density at radius 2 is 1.84 bits per heavy atom. The van der Waals surface area contributed by atoms with Crippen molar-refractivity contribution in [3.63, 3.8) is 0 Å². The van der Waals surface area contributed by atoms with Gasteiger partial charge in [0, 0.05) is 54.1 Å². The Morgan fingerprint density at radius 3 is 2.66 bits per heavy atom. The van der Waals surface area contributed by atoms with Crippen molar-refractivity contribution in [1.82, 2.24) is 35.0 Å². The summed E-state index contributed by atoms with van der Waals surface area (Å²) in [5.41, 5.74) is 7.27. The molecule has 0 bridgehead atoms. The van der Waals surface area contributed by atoms with Crippen LogP contribution in [0.4, 0.5) is 15.8 Å². The highest BCUT2D eigenvalue weighted by molar-refractivity contribution is 5.98. The highest BCUT2D eigenvalue weighted by atomic mass is 19.1. The molecule has 6 rings (SSSR count). The molecule has 0 aliphatic carbocycles. The molecule has 10 nitrogen and oxygen atoms in total. The van der Waals surface area contributed by atoms with Gasteiger partial charge in [-0.25, -0.2) is 14.4 Å². The Labute approximate surface area is 254 Å². The number of imidazole rings is 1. The number of amides is 1. The maximum atomic E-state index is 14.7. The molecule has 0 fully saturated rings. The summed E-state index contributed by atoms with van der Waals surface area (Å²) in [7, 11) is 3.99. The van der Waals surface area contributed by atoms with E-state index >= 15 is 0 Å². The smallest absolute Gasteiger partial charge is 0.224 e. The highest BCUT2D eigenvalue weighted by Gasteiger charge is 2.17. The zero-order valence-electron chi connectivity index (χ0n) is 25.1. The van der Waals surface area contributed by atoms with Crippen LogP contribution in [0.1, 0.15) is 20.3 Å². The molecule has 4 N–H and O–H groups in total. The number of carbonyl (C=O) groups is 1. The number of nitrogens with zero attached hydrogens (tertiary/aromatic N) is 5. The van der Waals surface area contributed by atoms with Crippen LogP contribution in [-0.4, -0.2) is 68.1 Å². The number of rotatable bonds is 10. The first kappa shape index (κ1) is 28.9. The maximum Gasteiger partial charge on any atom is 0.224 e. The number of aromatic nitrogens is 6. The molecular formula is C33H34FN9O. The molecule has 0 aliphatic heterocycles. The number of H-pyrrole nitrogens is 2. The van der Waals surface area contributed by atoms with Crippen LogP contribution in [0.3, 0.4) is 0 Å². The third-order valence-electron chi connectivity index (χ3n) is 7.23. The third kappa shape index (κ3) is 6.28. The van der Waals surface area contributed by atoms with E-state index in [0.29, 0.717) is 52.6 Å². The van der Waals surface area contributed by atoms with Gasteiger partial charge in [-0.3, -0.25) is 14.9 Å². The second-order valence-electron chi connectivity index (χ2n) is 11.5. The lowest BCUT2D eigenvalue weighted by atomic mass is 10.0. The van der Waals surface area contributed by atoms with Crippen molar-refractivity contribution in [1.29, 1.82) is 0 Å². The number of nitrogens with one attached hydrogen (secondary N) is 4. The van der Waals surface area contributed by atoms with Crippen LogP contribution in [0.2, 0.25) is 0 Å². The first-order valence-electron chi connectivity index (χ1n) is 14.5. The average molecular weight is 592 g/mol. The van der Waals surface area contributed by atoms with E-state index in [4.69, 9.17) is 4.98 Å². The van der Waals surface area contributed by atoms with Crippen LogP contribution in [0.25, 0.3) is 55.8 Å². The minimum absolute atomic E-state index is 0.0422. The zero-order valence-corrected chi connectivity index (χ0v) is 25.1. The molecular weight excluding hydrogens is 557 g/mol. The van der Waals surface area contributed by atoms with Crippen LogP contribution in [-0.2, 0) is 4.79 Å². The SMILES string of the molecule is CC(C)CC(=O)Nc1cncc(-c2ccc3[nH]nc(-c4nc5nccc(-c6cc(F)cc(NCCN(C)C)c6)c5[nH]4)c3c2)c1. The number of halogens is 1.